The molecule has 206 valence electrons. The standard InChI is InChI=1S/C28H24F2N10O/c1-15-8-23(38-25-14-33-24(39-25)13-31-3)40-27(36-15)18-9-20(29)26(34-12-18)28(41)35-11-17-4-6-21(32-10-17)19-5-7-22(30)37-16(19)2/h4-10,12-14H,11H2,1-3H3,(H,33,39)(H,35,41)(H,36,38,40)/b31-13-. The van der Waals surface area contributed by atoms with Gasteiger partial charge in [-0.05, 0) is 43.7 Å². The second-order valence-corrected chi connectivity index (χ2v) is 8.96. The number of aromatic amines is 1. The van der Waals surface area contributed by atoms with Crippen LogP contribution in [0.5, 0.6) is 0 Å². The average Bonchev–Trinajstić information content (AvgIpc) is 3.38. The number of carbonyl (C=O) groups is 1. The number of H-pyrrole nitrogens is 1. The molecule has 0 aliphatic heterocycles. The van der Waals surface area contributed by atoms with Gasteiger partial charge in [-0.3, -0.25) is 14.8 Å². The van der Waals surface area contributed by atoms with Crippen LogP contribution in [0.4, 0.5) is 20.4 Å². The van der Waals surface area contributed by atoms with E-state index in [1.807, 2.05) is 0 Å². The van der Waals surface area contributed by atoms with Crippen LogP contribution in [0.1, 0.15) is 33.3 Å². The molecule has 0 bridgehead atoms. The van der Waals surface area contributed by atoms with Gasteiger partial charge in [0, 0.05) is 60.8 Å². The highest BCUT2D eigenvalue weighted by atomic mass is 19.1. The van der Waals surface area contributed by atoms with Crippen LogP contribution < -0.4 is 10.6 Å². The average molecular weight is 555 g/mol. The van der Waals surface area contributed by atoms with Gasteiger partial charge >= 0.3 is 0 Å². The highest BCUT2D eigenvalue weighted by molar-refractivity contribution is 5.92. The number of aromatic nitrogens is 7. The van der Waals surface area contributed by atoms with Crippen LogP contribution in [-0.4, -0.2) is 54.1 Å². The second kappa shape index (κ2) is 11.7. The Balaban J connectivity index is 1.26. The summed E-state index contributed by atoms with van der Waals surface area (Å²) in [6.45, 7) is 3.58. The van der Waals surface area contributed by atoms with Crippen LogP contribution in [-0.2, 0) is 6.54 Å². The van der Waals surface area contributed by atoms with Gasteiger partial charge in [-0.25, -0.2) is 29.3 Å². The van der Waals surface area contributed by atoms with Crippen molar-refractivity contribution in [1.82, 2.24) is 40.2 Å². The Morgan fingerprint density at radius 1 is 1.00 bits per heavy atom. The van der Waals surface area contributed by atoms with E-state index in [-0.39, 0.29) is 18.1 Å². The SMILES string of the molecule is C/N=C\c1nc(Nc2cc(C)nc(-c3cnc(C(=O)NCc4ccc(-c5ccc(F)nc5C)nc4)c(F)c3)n2)c[nH]1. The maximum atomic E-state index is 15.0. The van der Waals surface area contributed by atoms with Crippen molar-refractivity contribution >= 4 is 23.8 Å². The molecule has 0 aromatic carbocycles. The molecule has 13 heteroatoms. The van der Waals surface area contributed by atoms with Gasteiger partial charge in [0.25, 0.3) is 5.91 Å². The lowest BCUT2D eigenvalue weighted by Crippen LogP contribution is -2.25. The lowest BCUT2D eigenvalue weighted by atomic mass is 10.1. The number of aryl methyl sites for hydroxylation is 2. The Kier molecular flexibility index (Phi) is 7.76. The highest BCUT2D eigenvalue weighted by Gasteiger charge is 2.17. The summed E-state index contributed by atoms with van der Waals surface area (Å²) < 4.78 is 28.3. The van der Waals surface area contributed by atoms with E-state index in [1.54, 1.807) is 63.8 Å². The van der Waals surface area contributed by atoms with Gasteiger partial charge in [0.15, 0.2) is 23.2 Å². The summed E-state index contributed by atoms with van der Waals surface area (Å²) in [6.07, 6.45) is 6.16. The minimum atomic E-state index is -0.817. The van der Waals surface area contributed by atoms with E-state index in [9.17, 15) is 13.6 Å². The van der Waals surface area contributed by atoms with E-state index in [4.69, 9.17) is 0 Å². The lowest BCUT2D eigenvalue weighted by molar-refractivity contribution is 0.0941. The van der Waals surface area contributed by atoms with E-state index < -0.39 is 17.7 Å². The quantitative estimate of drug-likeness (QED) is 0.190. The summed E-state index contributed by atoms with van der Waals surface area (Å²) in [4.78, 5) is 44.9. The molecule has 11 nitrogen and oxygen atoms in total. The van der Waals surface area contributed by atoms with E-state index in [1.165, 1.54) is 18.3 Å². The number of halogens is 2. The van der Waals surface area contributed by atoms with Gasteiger partial charge in [-0.15, -0.1) is 0 Å². The Morgan fingerprint density at radius 3 is 2.59 bits per heavy atom. The number of hydrogen-bond donors (Lipinski definition) is 3. The first-order chi connectivity index (χ1) is 19.8. The van der Waals surface area contributed by atoms with Crippen LogP contribution in [0.2, 0.25) is 0 Å². The molecular formula is C28H24F2N10O. The number of aliphatic imine (C=N–C) groups is 1. The summed E-state index contributed by atoms with van der Waals surface area (Å²) in [5.41, 5.74) is 3.09. The monoisotopic (exact) mass is 554 g/mol. The molecule has 0 aliphatic rings. The van der Waals surface area contributed by atoms with Crippen molar-refractivity contribution in [3.05, 3.63) is 95.2 Å². The number of nitrogens with one attached hydrogen (secondary N) is 3. The molecule has 5 aromatic heterocycles. The molecule has 5 rings (SSSR count). The Morgan fingerprint density at radius 2 is 1.85 bits per heavy atom. The number of amides is 1. The molecule has 3 N–H and O–H groups in total. The van der Waals surface area contributed by atoms with Gasteiger partial charge in [0.2, 0.25) is 5.95 Å². The van der Waals surface area contributed by atoms with Gasteiger partial charge in [-0.1, -0.05) is 6.07 Å². The number of imidazole rings is 1. The van der Waals surface area contributed by atoms with E-state index in [0.29, 0.717) is 51.2 Å². The molecule has 0 aliphatic carbocycles. The summed E-state index contributed by atoms with van der Waals surface area (Å²) in [7, 11) is 1.64. The summed E-state index contributed by atoms with van der Waals surface area (Å²) >= 11 is 0. The Hall–Kier alpha value is -5.46. The zero-order valence-corrected chi connectivity index (χ0v) is 22.3. The molecule has 5 aromatic rings. The van der Waals surface area contributed by atoms with Gasteiger partial charge in [0.1, 0.15) is 11.6 Å². The first-order valence-corrected chi connectivity index (χ1v) is 12.4. The normalized spacial score (nSPS) is 11.1. The highest BCUT2D eigenvalue weighted by Crippen LogP contribution is 2.22. The minimum Gasteiger partial charge on any atom is -0.346 e. The van der Waals surface area contributed by atoms with E-state index in [2.05, 4.69) is 50.5 Å². The fraction of sp³-hybridized carbons (Fsp3) is 0.143. The third kappa shape index (κ3) is 6.41. The minimum absolute atomic E-state index is 0.102. The first kappa shape index (κ1) is 27.1. The molecule has 0 spiro atoms. The molecule has 0 fully saturated rings. The topological polar surface area (TPSA) is 147 Å². The van der Waals surface area contributed by atoms with Crippen LogP contribution in [0.15, 0.2) is 60.0 Å². The molecule has 5 heterocycles. The number of carbonyl (C=O) groups excluding carboxylic acids is 1. The predicted molar refractivity (Wildman–Crippen MR) is 149 cm³/mol. The fourth-order valence-electron chi connectivity index (χ4n) is 3.96. The van der Waals surface area contributed by atoms with Crippen LogP contribution in [0.3, 0.4) is 0 Å². The first-order valence-electron chi connectivity index (χ1n) is 12.4. The predicted octanol–water partition coefficient (Wildman–Crippen LogP) is 4.34. The van der Waals surface area contributed by atoms with Crippen LogP contribution >= 0.6 is 0 Å². The molecule has 0 atom stereocenters. The van der Waals surface area contributed by atoms with Crippen molar-refractivity contribution in [2.45, 2.75) is 20.4 Å². The smallest absolute Gasteiger partial charge is 0.273 e. The molecule has 0 radical (unpaired) electrons. The Labute approximate surface area is 233 Å². The van der Waals surface area contributed by atoms with Crippen molar-refractivity contribution < 1.29 is 13.6 Å². The lowest BCUT2D eigenvalue weighted by Gasteiger charge is -2.09. The zero-order chi connectivity index (χ0) is 28.9. The third-order valence-corrected chi connectivity index (χ3v) is 5.88. The van der Waals surface area contributed by atoms with Crippen molar-refractivity contribution in [3.8, 4) is 22.6 Å². The van der Waals surface area contributed by atoms with E-state index >= 15 is 0 Å². The van der Waals surface area contributed by atoms with E-state index in [0.717, 1.165) is 0 Å². The molecule has 0 unspecified atom stereocenters. The number of nitrogens with zero attached hydrogens (tertiary/aromatic N) is 7. The number of hydrogen-bond acceptors (Lipinski definition) is 9. The maximum absolute atomic E-state index is 15.0. The van der Waals surface area contributed by atoms with Crippen LogP contribution in [0.25, 0.3) is 22.6 Å². The van der Waals surface area contributed by atoms with Gasteiger partial charge in [0.05, 0.1) is 11.9 Å². The number of pyridine rings is 3. The number of anilines is 2. The van der Waals surface area contributed by atoms with Crippen molar-refractivity contribution in [1.29, 1.82) is 0 Å². The van der Waals surface area contributed by atoms with Crippen LogP contribution in [0, 0.1) is 25.6 Å². The maximum Gasteiger partial charge on any atom is 0.273 e. The Bertz CT molecular complexity index is 1750. The number of rotatable bonds is 8. The third-order valence-electron chi connectivity index (χ3n) is 5.88. The second-order valence-electron chi connectivity index (χ2n) is 8.96. The molecule has 1 amide bonds. The largest absolute Gasteiger partial charge is 0.346 e. The van der Waals surface area contributed by atoms with Crippen molar-refractivity contribution in [3.63, 3.8) is 0 Å². The molecule has 41 heavy (non-hydrogen) atoms. The van der Waals surface area contributed by atoms with Gasteiger partial charge < -0.3 is 15.6 Å². The van der Waals surface area contributed by atoms with Crippen molar-refractivity contribution in [2.75, 3.05) is 12.4 Å². The molecule has 0 saturated heterocycles. The summed E-state index contributed by atoms with van der Waals surface area (Å²) in [5, 5.41) is 5.72. The zero-order valence-electron chi connectivity index (χ0n) is 22.3. The fourth-order valence-corrected chi connectivity index (χ4v) is 3.96. The van der Waals surface area contributed by atoms with Crippen molar-refractivity contribution in [2.24, 2.45) is 4.99 Å². The van der Waals surface area contributed by atoms with Gasteiger partial charge in [-0.2, -0.15) is 4.39 Å². The molecule has 0 saturated carbocycles. The summed E-state index contributed by atoms with van der Waals surface area (Å²) in [5.74, 6) is -0.284. The summed E-state index contributed by atoms with van der Waals surface area (Å²) in [6, 6.07) is 9.27. The molecular weight excluding hydrogens is 530 g/mol.